The van der Waals surface area contributed by atoms with E-state index in [9.17, 15) is 30.4 Å². The van der Waals surface area contributed by atoms with Crippen LogP contribution in [0.15, 0.2) is 29.2 Å². The topological polar surface area (TPSA) is 46.2 Å². The Morgan fingerprint density at radius 3 is 1.74 bits per heavy atom. The van der Waals surface area contributed by atoms with E-state index in [2.05, 4.69) is 0 Å². The van der Waals surface area contributed by atoms with Crippen molar-refractivity contribution in [2.75, 3.05) is 0 Å². The molecule has 2 aromatic carbocycles. The fourth-order valence-corrected chi connectivity index (χ4v) is 2.93. The minimum absolute atomic E-state index is 0.373. The second kappa shape index (κ2) is 6.25. The minimum Gasteiger partial charge on any atom is -0.207 e. The van der Waals surface area contributed by atoms with Crippen LogP contribution in [0.5, 0.6) is 0 Å². The van der Waals surface area contributed by atoms with E-state index in [1.807, 2.05) is 0 Å². The lowest BCUT2D eigenvalue weighted by Gasteiger charge is -2.10. The Bertz CT molecular complexity index is 821. The van der Waals surface area contributed by atoms with Crippen molar-refractivity contribution in [3.8, 4) is 0 Å². The molecule has 0 heterocycles. The fourth-order valence-electron chi connectivity index (χ4n) is 1.78. The molecule has 2 rings (SSSR count). The van der Waals surface area contributed by atoms with Crippen LogP contribution in [0.4, 0.5) is 22.0 Å². The molecule has 0 saturated carbocycles. The molecule has 0 spiro atoms. The number of benzene rings is 2. The number of hydrogen-bond donors (Lipinski definition) is 1. The van der Waals surface area contributed by atoms with E-state index < -0.39 is 44.0 Å². The van der Waals surface area contributed by atoms with Crippen LogP contribution < -0.4 is 4.72 Å². The van der Waals surface area contributed by atoms with Crippen molar-refractivity contribution >= 4 is 10.0 Å². The average Bonchev–Trinajstić information content (AvgIpc) is 2.50. The predicted molar refractivity (Wildman–Crippen MR) is 71.4 cm³/mol. The van der Waals surface area contributed by atoms with Crippen LogP contribution in [-0.4, -0.2) is 8.42 Å². The predicted octanol–water partition coefficient (Wildman–Crippen LogP) is 3.17. The molecule has 0 bridgehead atoms. The van der Waals surface area contributed by atoms with E-state index in [4.69, 9.17) is 0 Å². The lowest BCUT2D eigenvalue weighted by molar-refractivity contribution is 0.357. The van der Waals surface area contributed by atoms with Gasteiger partial charge in [0.1, 0.15) is 0 Å². The van der Waals surface area contributed by atoms with Crippen molar-refractivity contribution in [1.29, 1.82) is 0 Å². The van der Waals surface area contributed by atoms with Crippen molar-refractivity contribution in [1.82, 2.24) is 4.72 Å². The zero-order chi connectivity index (χ0) is 17.4. The second-order valence-electron chi connectivity index (χ2n) is 4.71. The Labute approximate surface area is 128 Å². The maximum Gasteiger partial charge on any atom is 0.246 e. The summed E-state index contributed by atoms with van der Waals surface area (Å²) in [5.41, 5.74) is 1.35. The Balaban J connectivity index is 2.39. The van der Waals surface area contributed by atoms with E-state index in [1.54, 1.807) is 35.9 Å². The van der Waals surface area contributed by atoms with Gasteiger partial charge in [-0.1, -0.05) is 29.8 Å². The van der Waals surface area contributed by atoms with E-state index in [-0.39, 0.29) is 6.54 Å². The van der Waals surface area contributed by atoms with Gasteiger partial charge in [-0.15, -0.1) is 0 Å². The summed E-state index contributed by atoms with van der Waals surface area (Å²) in [5.74, 6) is -11.9. The standard InChI is InChI=1S/C14H10F5NO2S/c1-7-2-4-8(5-3-7)6-20-23(21,22)14-12(18)10(16)9(15)11(17)13(14)19/h2-5,20H,6H2,1H3. The van der Waals surface area contributed by atoms with Gasteiger partial charge in [0.05, 0.1) is 0 Å². The molecule has 2 aromatic rings. The van der Waals surface area contributed by atoms with Crippen LogP contribution in [0.3, 0.4) is 0 Å². The third-order valence-electron chi connectivity index (χ3n) is 3.03. The summed E-state index contributed by atoms with van der Waals surface area (Å²) in [6.45, 7) is 1.42. The third kappa shape index (κ3) is 3.35. The van der Waals surface area contributed by atoms with Crippen LogP contribution in [-0.2, 0) is 16.6 Å². The monoisotopic (exact) mass is 351 g/mol. The minimum atomic E-state index is -4.94. The van der Waals surface area contributed by atoms with Gasteiger partial charge < -0.3 is 0 Å². The summed E-state index contributed by atoms with van der Waals surface area (Å²) in [6.07, 6.45) is 0. The molecule has 0 aliphatic rings. The highest BCUT2D eigenvalue weighted by Gasteiger charge is 2.33. The zero-order valence-electron chi connectivity index (χ0n) is 11.6. The van der Waals surface area contributed by atoms with Gasteiger partial charge in [-0.3, -0.25) is 0 Å². The van der Waals surface area contributed by atoms with Crippen molar-refractivity contribution in [3.05, 3.63) is 64.5 Å². The van der Waals surface area contributed by atoms with Crippen LogP contribution in [0.2, 0.25) is 0 Å². The van der Waals surface area contributed by atoms with Crippen LogP contribution in [0.1, 0.15) is 11.1 Å². The first-order valence-corrected chi connectivity index (χ1v) is 7.70. The molecule has 1 N–H and O–H groups in total. The molecule has 0 aromatic heterocycles. The zero-order valence-corrected chi connectivity index (χ0v) is 12.4. The van der Waals surface area contributed by atoms with E-state index in [0.717, 1.165) is 5.56 Å². The molecule has 0 amide bonds. The number of rotatable bonds is 4. The average molecular weight is 351 g/mol. The molecule has 0 radical (unpaired) electrons. The van der Waals surface area contributed by atoms with Crippen LogP contribution in [0.25, 0.3) is 0 Å². The molecule has 23 heavy (non-hydrogen) atoms. The first kappa shape index (κ1) is 17.4. The molecule has 0 saturated heterocycles. The quantitative estimate of drug-likeness (QED) is 0.523. The SMILES string of the molecule is Cc1ccc(CNS(=O)(=O)c2c(F)c(F)c(F)c(F)c2F)cc1. The Hall–Kier alpha value is -2.00. The summed E-state index contributed by atoms with van der Waals surface area (Å²) in [6, 6.07) is 6.44. The smallest absolute Gasteiger partial charge is 0.207 e. The molecule has 0 unspecified atom stereocenters. The Morgan fingerprint density at radius 1 is 0.826 bits per heavy atom. The molecule has 3 nitrogen and oxygen atoms in total. The maximum absolute atomic E-state index is 13.5. The van der Waals surface area contributed by atoms with E-state index in [1.165, 1.54) is 0 Å². The van der Waals surface area contributed by atoms with Crippen LogP contribution in [0, 0.1) is 36.0 Å². The highest BCUT2D eigenvalue weighted by Crippen LogP contribution is 2.26. The number of aryl methyl sites for hydroxylation is 1. The first-order valence-electron chi connectivity index (χ1n) is 6.21. The number of sulfonamides is 1. The number of nitrogens with one attached hydrogen (secondary N) is 1. The number of halogens is 5. The molecule has 124 valence electrons. The fraction of sp³-hybridized carbons (Fsp3) is 0.143. The summed E-state index contributed by atoms with van der Waals surface area (Å²) in [4.78, 5) is -1.90. The van der Waals surface area contributed by atoms with Gasteiger partial charge in [-0.2, -0.15) is 0 Å². The lowest BCUT2D eigenvalue weighted by Crippen LogP contribution is -2.26. The molecular weight excluding hydrogens is 341 g/mol. The van der Waals surface area contributed by atoms with E-state index in [0.29, 0.717) is 5.56 Å². The largest absolute Gasteiger partial charge is 0.246 e. The van der Waals surface area contributed by atoms with Crippen molar-refractivity contribution in [3.63, 3.8) is 0 Å². The van der Waals surface area contributed by atoms with Gasteiger partial charge in [-0.05, 0) is 12.5 Å². The molecule has 0 fully saturated rings. The Kier molecular flexibility index (Phi) is 4.71. The Morgan fingerprint density at radius 2 is 1.26 bits per heavy atom. The van der Waals surface area contributed by atoms with Crippen molar-refractivity contribution in [2.45, 2.75) is 18.4 Å². The normalized spacial score (nSPS) is 11.7. The van der Waals surface area contributed by atoms with Gasteiger partial charge >= 0.3 is 0 Å². The summed E-state index contributed by atoms with van der Waals surface area (Å²) < 4.78 is 91.7. The van der Waals surface area contributed by atoms with Crippen LogP contribution >= 0.6 is 0 Å². The first-order chi connectivity index (χ1) is 10.6. The lowest BCUT2D eigenvalue weighted by atomic mass is 10.2. The molecular formula is C14H10F5NO2S. The van der Waals surface area contributed by atoms with Gasteiger partial charge in [0, 0.05) is 6.54 Å². The highest BCUT2D eigenvalue weighted by molar-refractivity contribution is 7.89. The summed E-state index contributed by atoms with van der Waals surface area (Å²) in [5, 5.41) is 0. The molecule has 0 aliphatic heterocycles. The van der Waals surface area contributed by atoms with Gasteiger partial charge in [0.15, 0.2) is 28.2 Å². The maximum atomic E-state index is 13.5. The third-order valence-corrected chi connectivity index (χ3v) is 4.45. The summed E-state index contributed by atoms with van der Waals surface area (Å²) in [7, 11) is -4.94. The van der Waals surface area contributed by atoms with Gasteiger partial charge in [0.2, 0.25) is 15.8 Å². The second-order valence-corrected chi connectivity index (χ2v) is 6.41. The number of hydrogen-bond acceptors (Lipinski definition) is 2. The van der Waals surface area contributed by atoms with Gasteiger partial charge in [0.25, 0.3) is 0 Å². The van der Waals surface area contributed by atoms with Crippen molar-refractivity contribution in [2.24, 2.45) is 0 Å². The molecule has 0 atom stereocenters. The van der Waals surface area contributed by atoms with Crippen molar-refractivity contribution < 1.29 is 30.4 Å². The van der Waals surface area contributed by atoms with E-state index >= 15 is 0 Å². The summed E-state index contributed by atoms with van der Waals surface area (Å²) >= 11 is 0. The van der Waals surface area contributed by atoms with Gasteiger partial charge in [-0.25, -0.2) is 35.1 Å². The molecule has 9 heteroatoms. The highest BCUT2D eigenvalue weighted by atomic mass is 32.2. The molecule has 0 aliphatic carbocycles.